The summed E-state index contributed by atoms with van der Waals surface area (Å²) >= 11 is 0. The van der Waals surface area contributed by atoms with Crippen LogP contribution in [-0.2, 0) is 14.3 Å². The Balaban J connectivity index is 2.12. The van der Waals surface area contributed by atoms with Crippen molar-refractivity contribution in [1.29, 1.82) is 0 Å². The number of carbonyl (C=O) groups is 2. The van der Waals surface area contributed by atoms with Crippen molar-refractivity contribution < 1.29 is 19.4 Å². The Labute approximate surface area is 165 Å². The van der Waals surface area contributed by atoms with E-state index in [1.165, 1.54) is 0 Å². The van der Waals surface area contributed by atoms with Crippen LogP contribution in [0.3, 0.4) is 0 Å². The molecule has 0 amide bonds. The number of hydrogen-bond donors (Lipinski definition) is 1. The molecule has 0 unspecified atom stereocenters. The largest absolute Gasteiger partial charge is 0.479 e. The molecule has 1 saturated heterocycles. The van der Waals surface area contributed by atoms with Gasteiger partial charge >= 0.3 is 11.9 Å². The van der Waals surface area contributed by atoms with E-state index >= 15 is 0 Å². The lowest BCUT2D eigenvalue weighted by atomic mass is 9.90. The second-order valence-corrected chi connectivity index (χ2v) is 8.19. The van der Waals surface area contributed by atoms with Crippen LogP contribution in [-0.4, -0.2) is 39.6 Å². The third-order valence-corrected chi connectivity index (χ3v) is 5.06. The van der Waals surface area contributed by atoms with Gasteiger partial charge in [0.15, 0.2) is 0 Å². The lowest BCUT2D eigenvalue weighted by Gasteiger charge is -2.40. The third-order valence-electron chi connectivity index (χ3n) is 5.06. The van der Waals surface area contributed by atoms with Gasteiger partial charge in [0, 0.05) is 6.54 Å². The summed E-state index contributed by atoms with van der Waals surface area (Å²) in [5, 5.41) is 10.2. The van der Waals surface area contributed by atoms with Gasteiger partial charge in [-0.1, -0.05) is 60.7 Å². The highest BCUT2D eigenvalue weighted by atomic mass is 16.6. The Morgan fingerprint density at radius 2 is 1.50 bits per heavy atom. The molecule has 5 nitrogen and oxygen atoms in total. The Morgan fingerprint density at radius 1 is 1.00 bits per heavy atom. The van der Waals surface area contributed by atoms with Gasteiger partial charge in [0.2, 0.25) is 5.54 Å². The first-order valence-electron chi connectivity index (χ1n) is 9.59. The van der Waals surface area contributed by atoms with E-state index in [-0.39, 0.29) is 12.5 Å². The summed E-state index contributed by atoms with van der Waals surface area (Å²) in [4.78, 5) is 27.4. The number of likely N-dealkylation sites (tertiary alicyclic amines) is 1. The molecule has 0 radical (unpaired) electrons. The van der Waals surface area contributed by atoms with Crippen LogP contribution in [0.15, 0.2) is 60.7 Å². The number of carboxylic acids is 1. The molecule has 148 valence electrons. The minimum absolute atomic E-state index is 0.230. The summed E-state index contributed by atoms with van der Waals surface area (Å²) in [7, 11) is 0. The number of benzene rings is 2. The van der Waals surface area contributed by atoms with E-state index in [4.69, 9.17) is 4.74 Å². The monoisotopic (exact) mass is 381 g/mol. The van der Waals surface area contributed by atoms with Gasteiger partial charge in [-0.15, -0.1) is 0 Å². The first-order chi connectivity index (χ1) is 13.3. The highest BCUT2D eigenvalue weighted by Crippen LogP contribution is 2.42. The Kier molecular flexibility index (Phi) is 5.57. The predicted octanol–water partition coefficient (Wildman–Crippen LogP) is 4.04. The van der Waals surface area contributed by atoms with Crippen LogP contribution < -0.4 is 0 Å². The van der Waals surface area contributed by atoms with Gasteiger partial charge in [-0.3, -0.25) is 4.90 Å². The molecule has 1 atom stereocenters. The first-order valence-corrected chi connectivity index (χ1v) is 9.59. The number of nitrogens with zero attached hydrogens (tertiary/aromatic N) is 1. The molecule has 0 aliphatic carbocycles. The van der Waals surface area contributed by atoms with E-state index in [1.54, 1.807) is 25.7 Å². The third kappa shape index (κ3) is 3.80. The van der Waals surface area contributed by atoms with E-state index in [2.05, 4.69) is 0 Å². The molecule has 0 aromatic heterocycles. The van der Waals surface area contributed by atoms with Crippen molar-refractivity contribution in [3.63, 3.8) is 0 Å². The fourth-order valence-corrected chi connectivity index (χ4v) is 3.91. The standard InChI is InChI=1S/C23H27NO4/c1-22(2,3)28-21(27)23(20(25)26)15-10-16-24(23)19(17-11-6-4-7-12-17)18-13-8-5-9-14-18/h4-9,11-14,19H,10,15-16H2,1-3H3,(H,25,26)/t23-/m0/s1. The molecule has 1 aliphatic rings. The number of hydrogen-bond acceptors (Lipinski definition) is 4. The van der Waals surface area contributed by atoms with Crippen LogP contribution in [0, 0.1) is 0 Å². The van der Waals surface area contributed by atoms with Crippen molar-refractivity contribution in [2.45, 2.75) is 50.8 Å². The molecular weight excluding hydrogens is 354 g/mol. The summed E-state index contributed by atoms with van der Waals surface area (Å²) in [6.07, 6.45) is 0.842. The first kappa shape index (κ1) is 20.1. The minimum atomic E-state index is -1.70. The van der Waals surface area contributed by atoms with Gasteiger partial charge in [-0.05, 0) is 44.7 Å². The van der Waals surface area contributed by atoms with Gasteiger partial charge in [0.25, 0.3) is 0 Å². The molecule has 28 heavy (non-hydrogen) atoms. The number of aliphatic carboxylic acids is 1. The van der Waals surface area contributed by atoms with E-state index in [1.807, 2.05) is 60.7 Å². The van der Waals surface area contributed by atoms with Crippen molar-refractivity contribution in [1.82, 2.24) is 4.90 Å². The van der Waals surface area contributed by atoms with Gasteiger partial charge < -0.3 is 9.84 Å². The van der Waals surface area contributed by atoms with Gasteiger partial charge in [-0.25, -0.2) is 9.59 Å². The molecule has 2 aromatic rings. The van der Waals surface area contributed by atoms with Crippen LogP contribution in [0.4, 0.5) is 0 Å². The van der Waals surface area contributed by atoms with E-state index in [0.29, 0.717) is 13.0 Å². The molecule has 0 saturated carbocycles. The Hall–Kier alpha value is -2.66. The summed E-state index contributed by atoms with van der Waals surface area (Å²) in [5.74, 6) is -1.85. The smallest absolute Gasteiger partial charge is 0.338 e. The van der Waals surface area contributed by atoms with Crippen LogP contribution in [0.5, 0.6) is 0 Å². The Morgan fingerprint density at radius 3 is 1.93 bits per heavy atom. The molecule has 1 fully saturated rings. The summed E-state index contributed by atoms with van der Waals surface area (Å²) in [6.45, 7) is 5.77. The Bertz CT molecular complexity index is 789. The van der Waals surface area contributed by atoms with Crippen LogP contribution >= 0.6 is 0 Å². The lowest BCUT2D eigenvalue weighted by molar-refractivity contribution is -0.178. The highest BCUT2D eigenvalue weighted by molar-refractivity contribution is 6.04. The second-order valence-electron chi connectivity index (χ2n) is 8.19. The van der Waals surface area contributed by atoms with E-state index < -0.39 is 23.1 Å². The molecule has 0 spiro atoms. The molecule has 3 rings (SSSR count). The van der Waals surface area contributed by atoms with Gasteiger partial charge in [-0.2, -0.15) is 0 Å². The number of carbonyl (C=O) groups excluding carboxylic acids is 1. The maximum absolute atomic E-state index is 13.2. The van der Waals surface area contributed by atoms with Crippen molar-refractivity contribution in [2.24, 2.45) is 0 Å². The average molecular weight is 381 g/mol. The fraction of sp³-hybridized carbons (Fsp3) is 0.391. The molecule has 0 bridgehead atoms. The summed E-state index contributed by atoms with van der Waals surface area (Å²) in [6, 6.07) is 19.1. The van der Waals surface area contributed by atoms with Crippen molar-refractivity contribution in [2.75, 3.05) is 6.54 Å². The van der Waals surface area contributed by atoms with E-state index in [0.717, 1.165) is 11.1 Å². The molecule has 1 aliphatic heterocycles. The molecule has 2 aromatic carbocycles. The quantitative estimate of drug-likeness (QED) is 0.625. The van der Waals surface area contributed by atoms with Crippen molar-refractivity contribution >= 4 is 11.9 Å². The lowest BCUT2D eigenvalue weighted by Crippen LogP contribution is -2.59. The SMILES string of the molecule is CC(C)(C)OC(=O)[C@@]1(C(=O)O)CCCN1C(c1ccccc1)c1ccccc1. The minimum Gasteiger partial charge on any atom is -0.479 e. The van der Waals surface area contributed by atoms with Gasteiger partial charge in [0.1, 0.15) is 5.60 Å². The zero-order valence-corrected chi connectivity index (χ0v) is 16.6. The summed E-state index contributed by atoms with van der Waals surface area (Å²) < 4.78 is 5.58. The summed E-state index contributed by atoms with van der Waals surface area (Å²) in [5.41, 5.74) is -0.568. The zero-order chi connectivity index (χ0) is 20.4. The molecule has 1 N–H and O–H groups in total. The van der Waals surface area contributed by atoms with Crippen LogP contribution in [0.1, 0.15) is 50.8 Å². The fourth-order valence-electron chi connectivity index (χ4n) is 3.91. The van der Waals surface area contributed by atoms with Crippen molar-refractivity contribution in [3.8, 4) is 0 Å². The molecular formula is C23H27NO4. The zero-order valence-electron chi connectivity index (χ0n) is 16.6. The second kappa shape index (κ2) is 7.76. The van der Waals surface area contributed by atoms with Gasteiger partial charge in [0.05, 0.1) is 6.04 Å². The van der Waals surface area contributed by atoms with Crippen molar-refractivity contribution in [3.05, 3.63) is 71.8 Å². The van der Waals surface area contributed by atoms with Crippen LogP contribution in [0.2, 0.25) is 0 Å². The predicted molar refractivity (Wildman–Crippen MR) is 107 cm³/mol. The maximum Gasteiger partial charge on any atom is 0.338 e. The normalized spacial score (nSPS) is 20.3. The molecule has 5 heteroatoms. The number of carboxylic acid groups (broad SMARTS) is 1. The topological polar surface area (TPSA) is 66.8 Å². The van der Waals surface area contributed by atoms with E-state index in [9.17, 15) is 14.7 Å². The molecule has 1 heterocycles. The highest BCUT2D eigenvalue weighted by Gasteiger charge is 2.58. The maximum atomic E-state index is 13.2. The average Bonchev–Trinajstić information content (AvgIpc) is 3.08. The number of esters is 1. The number of rotatable bonds is 5. The van der Waals surface area contributed by atoms with Crippen LogP contribution in [0.25, 0.3) is 0 Å². The number of ether oxygens (including phenoxy) is 1.